The molecule has 36 heavy (non-hydrogen) atoms. The van der Waals surface area contributed by atoms with Crippen LogP contribution in [0, 0.1) is 0 Å². The van der Waals surface area contributed by atoms with E-state index in [1.807, 2.05) is 53.4 Å². The van der Waals surface area contributed by atoms with Crippen LogP contribution in [0.5, 0.6) is 11.5 Å². The average molecular weight is 508 g/mol. The summed E-state index contributed by atoms with van der Waals surface area (Å²) in [5.41, 5.74) is 2.08. The van der Waals surface area contributed by atoms with Gasteiger partial charge in [0.25, 0.3) is 0 Å². The van der Waals surface area contributed by atoms with Gasteiger partial charge in [0.15, 0.2) is 0 Å². The molecule has 0 aliphatic carbocycles. The highest BCUT2D eigenvalue weighted by atomic mass is 19.4. The third-order valence-corrected chi connectivity index (χ3v) is 6.52. The number of carbonyl (C=O) groups excluding carboxylic acids is 2. The maximum atomic E-state index is 12.2. The number of likely N-dealkylation sites (tertiary alicyclic amines) is 1. The van der Waals surface area contributed by atoms with Gasteiger partial charge in [-0.1, -0.05) is 36.4 Å². The first-order valence-corrected chi connectivity index (χ1v) is 11.8. The highest BCUT2D eigenvalue weighted by Crippen LogP contribution is 2.46. The summed E-state index contributed by atoms with van der Waals surface area (Å²) in [5, 5.41) is 0. The van der Waals surface area contributed by atoms with E-state index in [0.717, 1.165) is 29.7 Å². The fraction of sp³-hybridized carbons (Fsp3) is 0.462. The average Bonchev–Trinajstić information content (AvgIpc) is 3.21. The minimum Gasteiger partial charge on any atom is -0.492 e. The highest BCUT2D eigenvalue weighted by Gasteiger charge is 2.44. The first kappa shape index (κ1) is 26.0. The number of ether oxygens (including phenoxy) is 4. The van der Waals surface area contributed by atoms with E-state index < -0.39 is 18.1 Å². The van der Waals surface area contributed by atoms with Crippen LogP contribution in [0.3, 0.4) is 0 Å². The molecule has 2 aromatic rings. The van der Waals surface area contributed by atoms with Gasteiger partial charge in [0, 0.05) is 23.6 Å². The Bertz CT molecular complexity index is 1050. The second-order valence-electron chi connectivity index (χ2n) is 8.96. The number of carbonyl (C=O) groups is 2. The van der Waals surface area contributed by atoms with Gasteiger partial charge in [0.1, 0.15) is 18.1 Å². The minimum absolute atomic E-state index is 0.143. The SMILES string of the molecule is O=C(CCN1CCC2(CC1)COc1cc(OCCOCc3ccccc3)ccc12)OC(=O)C(F)(F)F. The quantitative estimate of drug-likeness (QED) is 0.288. The van der Waals surface area contributed by atoms with Gasteiger partial charge in [-0.15, -0.1) is 0 Å². The number of hydrogen-bond donors (Lipinski definition) is 0. The van der Waals surface area contributed by atoms with E-state index in [9.17, 15) is 22.8 Å². The van der Waals surface area contributed by atoms with Gasteiger partial charge in [-0.2, -0.15) is 13.2 Å². The summed E-state index contributed by atoms with van der Waals surface area (Å²) < 4.78 is 57.9. The summed E-state index contributed by atoms with van der Waals surface area (Å²) >= 11 is 0. The number of alkyl halides is 3. The molecule has 10 heteroatoms. The summed E-state index contributed by atoms with van der Waals surface area (Å²) in [7, 11) is 0. The Labute approximate surface area is 207 Å². The monoisotopic (exact) mass is 507 g/mol. The fourth-order valence-corrected chi connectivity index (χ4v) is 4.51. The van der Waals surface area contributed by atoms with Crippen molar-refractivity contribution in [2.75, 3.05) is 39.5 Å². The molecule has 2 heterocycles. The molecule has 0 bridgehead atoms. The third-order valence-electron chi connectivity index (χ3n) is 6.52. The molecule has 0 atom stereocenters. The zero-order valence-corrected chi connectivity index (χ0v) is 19.7. The van der Waals surface area contributed by atoms with Crippen LogP contribution >= 0.6 is 0 Å². The molecule has 0 radical (unpaired) electrons. The Hall–Kier alpha value is -3.11. The molecule has 0 unspecified atom stereocenters. The van der Waals surface area contributed by atoms with Crippen molar-refractivity contribution in [3.05, 3.63) is 59.7 Å². The lowest BCUT2D eigenvalue weighted by Crippen LogP contribution is -2.44. The highest BCUT2D eigenvalue weighted by molar-refractivity contribution is 5.88. The van der Waals surface area contributed by atoms with Crippen molar-refractivity contribution >= 4 is 11.9 Å². The number of piperidine rings is 1. The third kappa shape index (κ3) is 6.55. The number of nitrogens with zero attached hydrogens (tertiary/aromatic N) is 1. The van der Waals surface area contributed by atoms with Crippen molar-refractivity contribution in [1.82, 2.24) is 4.90 Å². The van der Waals surface area contributed by atoms with E-state index in [-0.39, 0.29) is 18.4 Å². The van der Waals surface area contributed by atoms with Crippen LogP contribution in [-0.2, 0) is 31.1 Å². The molecule has 1 fully saturated rings. The number of rotatable bonds is 9. The molecule has 2 aromatic carbocycles. The Balaban J connectivity index is 1.20. The van der Waals surface area contributed by atoms with E-state index in [1.54, 1.807) is 0 Å². The molecule has 0 aromatic heterocycles. The van der Waals surface area contributed by atoms with Crippen molar-refractivity contribution in [2.45, 2.75) is 37.5 Å². The van der Waals surface area contributed by atoms with E-state index in [4.69, 9.17) is 14.2 Å². The summed E-state index contributed by atoms with van der Waals surface area (Å²) in [4.78, 5) is 24.3. The van der Waals surface area contributed by atoms with Gasteiger partial charge >= 0.3 is 18.1 Å². The Kier molecular flexibility index (Phi) is 8.15. The first-order chi connectivity index (χ1) is 17.2. The maximum Gasteiger partial charge on any atom is 0.491 e. The normalized spacial score (nSPS) is 16.9. The van der Waals surface area contributed by atoms with Crippen LogP contribution in [0.1, 0.15) is 30.4 Å². The van der Waals surface area contributed by atoms with E-state index in [1.165, 1.54) is 0 Å². The maximum absolute atomic E-state index is 12.2. The van der Waals surface area contributed by atoms with Crippen molar-refractivity contribution in [2.24, 2.45) is 0 Å². The lowest BCUT2D eigenvalue weighted by Gasteiger charge is -2.38. The summed E-state index contributed by atoms with van der Waals surface area (Å²) in [6.45, 7) is 3.49. The fourth-order valence-electron chi connectivity index (χ4n) is 4.51. The van der Waals surface area contributed by atoms with Crippen LogP contribution in [0.4, 0.5) is 13.2 Å². The topological polar surface area (TPSA) is 74.3 Å². The van der Waals surface area contributed by atoms with E-state index in [2.05, 4.69) is 4.74 Å². The first-order valence-electron chi connectivity index (χ1n) is 11.8. The van der Waals surface area contributed by atoms with Gasteiger partial charge in [0.2, 0.25) is 0 Å². The zero-order chi connectivity index (χ0) is 25.6. The van der Waals surface area contributed by atoms with Crippen LogP contribution in [-0.4, -0.2) is 62.5 Å². The second-order valence-corrected chi connectivity index (χ2v) is 8.96. The van der Waals surface area contributed by atoms with Gasteiger partial charge in [-0.25, -0.2) is 4.79 Å². The van der Waals surface area contributed by atoms with Gasteiger partial charge in [-0.3, -0.25) is 4.79 Å². The Morgan fingerprint density at radius 1 is 1.03 bits per heavy atom. The van der Waals surface area contributed by atoms with Gasteiger partial charge in [-0.05, 0) is 37.6 Å². The molecule has 7 nitrogen and oxygen atoms in total. The van der Waals surface area contributed by atoms with Crippen LogP contribution < -0.4 is 9.47 Å². The van der Waals surface area contributed by atoms with Gasteiger partial charge < -0.3 is 23.8 Å². The Morgan fingerprint density at radius 3 is 2.50 bits per heavy atom. The van der Waals surface area contributed by atoms with Crippen molar-refractivity contribution in [3.63, 3.8) is 0 Å². The second kappa shape index (κ2) is 11.3. The standard InChI is InChI=1S/C26H28F3NO6/c27-26(28,29)24(32)36-23(31)8-11-30-12-9-25(10-13-30)18-35-22-16-20(6-7-21(22)25)34-15-14-33-17-19-4-2-1-3-5-19/h1-7,16H,8-15,17-18H2. The Morgan fingerprint density at radius 2 is 1.78 bits per heavy atom. The molecule has 2 aliphatic heterocycles. The van der Waals surface area contributed by atoms with Crippen molar-refractivity contribution < 1.29 is 41.7 Å². The summed E-state index contributed by atoms with van der Waals surface area (Å²) in [5.74, 6) is -2.16. The minimum atomic E-state index is -5.18. The smallest absolute Gasteiger partial charge is 0.491 e. The number of fused-ring (bicyclic) bond motifs is 2. The van der Waals surface area contributed by atoms with Crippen LogP contribution in [0.15, 0.2) is 48.5 Å². The van der Waals surface area contributed by atoms with E-state index in [0.29, 0.717) is 45.3 Å². The van der Waals surface area contributed by atoms with Crippen molar-refractivity contribution in [3.8, 4) is 11.5 Å². The number of hydrogen-bond acceptors (Lipinski definition) is 7. The van der Waals surface area contributed by atoms with Crippen molar-refractivity contribution in [1.29, 1.82) is 0 Å². The number of esters is 2. The molecule has 1 saturated heterocycles. The van der Waals surface area contributed by atoms with Crippen LogP contribution in [0.2, 0.25) is 0 Å². The van der Waals surface area contributed by atoms with E-state index >= 15 is 0 Å². The molecule has 2 aliphatic rings. The molecule has 194 valence electrons. The lowest BCUT2D eigenvalue weighted by atomic mass is 9.74. The molecule has 1 spiro atoms. The predicted octanol–water partition coefficient (Wildman–Crippen LogP) is 4.03. The molecule has 4 rings (SSSR count). The van der Waals surface area contributed by atoms with Crippen LogP contribution in [0.25, 0.3) is 0 Å². The molecule has 0 saturated carbocycles. The zero-order valence-electron chi connectivity index (χ0n) is 19.7. The van der Waals surface area contributed by atoms with Gasteiger partial charge in [0.05, 0.1) is 26.2 Å². The molecular formula is C26H28F3NO6. The molecular weight excluding hydrogens is 479 g/mol. The summed E-state index contributed by atoms with van der Waals surface area (Å²) in [6, 6.07) is 15.8. The lowest BCUT2D eigenvalue weighted by molar-refractivity contribution is -0.201. The summed E-state index contributed by atoms with van der Waals surface area (Å²) in [6.07, 6.45) is -3.89. The predicted molar refractivity (Wildman–Crippen MR) is 123 cm³/mol. The largest absolute Gasteiger partial charge is 0.492 e. The number of benzene rings is 2. The molecule has 0 amide bonds. The molecule has 0 N–H and O–H groups in total. The number of halogens is 3.